The molecule has 3 heteroatoms. The van der Waals surface area contributed by atoms with Crippen LogP contribution >= 0.6 is 0 Å². The zero-order chi connectivity index (χ0) is 11.4. The van der Waals surface area contributed by atoms with E-state index in [0.29, 0.717) is 12.6 Å². The molecule has 0 saturated heterocycles. The Morgan fingerprint density at radius 1 is 1.50 bits per heavy atom. The van der Waals surface area contributed by atoms with E-state index in [1.54, 1.807) is 0 Å². The van der Waals surface area contributed by atoms with Crippen molar-refractivity contribution in [2.24, 2.45) is 5.92 Å². The predicted octanol–water partition coefficient (Wildman–Crippen LogP) is 2.02. The van der Waals surface area contributed by atoms with E-state index in [1.807, 2.05) is 26.1 Å². The SMILES string of the molecule is CCOc1cccc(CC(NC)C2CC2)n1. The number of hydrogen-bond donors (Lipinski definition) is 1. The molecule has 0 aromatic carbocycles. The molecule has 2 rings (SSSR count). The Labute approximate surface area is 97.2 Å². The molecule has 0 radical (unpaired) electrons. The Balaban J connectivity index is 1.99. The van der Waals surface area contributed by atoms with E-state index in [0.717, 1.165) is 23.9 Å². The Kier molecular flexibility index (Phi) is 3.78. The number of nitrogens with one attached hydrogen (secondary N) is 1. The highest BCUT2D eigenvalue weighted by atomic mass is 16.5. The number of likely N-dealkylation sites (N-methyl/N-ethyl adjacent to an activating group) is 1. The van der Waals surface area contributed by atoms with Gasteiger partial charge >= 0.3 is 0 Å². The van der Waals surface area contributed by atoms with Crippen LogP contribution in [0.15, 0.2) is 18.2 Å². The molecule has 1 N–H and O–H groups in total. The monoisotopic (exact) mass is 220 g/mol. The van der Waals surface area contributed by atoms with Gasteiger partial charge in [-0.15, -0.1) is 0 Å². The van der Waals surface area contributed by atoms with Gasteiger partial charge in [-0.1, -0.05) is 6.07 Å². The van der Waals surface area contributed by atoms with E-state index in [1.165, 1.54) is 12.8 Å². The summed E-state index contributed by atoms with van der Waals surface area (Å²) in [6.07, 6.45) is 3.72. The van der Waals surface area contributed by atoms with Crippen LogP contribution in [0.5, 0.6) is 5.88 Å². The molecular weight excluding hydrogens is 200 g/mol. The van der Waals surface area contributed by atoms with Gasteiger partial charge in [-0.05, 0) is 38.8 Å². The topological polar surface area (TPSA) is 34.1 Å². The molecule has 1 aromatic heterocycles. The molecule has 1 aliphatic rings. The molecule has 1 atom stereocenters. The molecule has 88 valence electrons. The van der Waals surface area contributed by atoms with E-state index in [4.69, 9.17) is 4.74 Å². The summed E-state index contributed by atoms with van der Waals surface area (Å²) in [6.45, 7) is 2.66. The van der Waals surface area contributed by atoms with Gasteiger partial charge in [0.2, 0.25) is 5.88 Å². The molecule has 0 amide bonds. The Hall–Kier alpha value is -1.09. The number of hydrogen-bond acceptors (Lipinski definition) is 3. The van der Waals surface area contributed by atoms with E-state index in [2.05, 4.69) is 16.4 Å². The summed E-state index contributed by atoms with van der Waals surface area (Å²) < 4.78 is 5.41. The molecule has 0 aliphatic heterocycles. The van der Waals surface area contributed by atoms with Crippen LogP contribution in [0, 0.1) is 5.92 Å². The fourth-order valence-electron chi connectivity index (χ4n) is 2.03. The highest BCUT2D eigenvalue weighted by molar-refractivity contribution is 5.17. The van der Waals surface area contributed by atoms with Crippen LogP contribution in [-0.4, -0.2) is 24.7 Å². The first-order valence-corrected chi connectivity index (χ1v) is 6.09. The summed E-state index contributed by atoms with van der Waals surface area (Å²) in [5, 5.41) is 3.38. The van der Waals surface area contributed by atoms with Crippen molar-refractivity contribution in [2.45, 2.75) is 32.2 Å². The van der Waals surface area contributed by atoms with Gasteiger partial charge in [0.25, 0.3) is 0 Å². The lowest BCUT2D eigenvalue weighted by Gasteiger charge is -2.15. The molecule has 0 bridgehead atoms. The highest BCUT2D eigenvalue weighted by Gasteiger charge is 2.30. The second kappa shape index (κ2) is 5.30. The Morgan fingerprint density at radius 2 is 2.31 bits per heavy atom. The predicted molar refractivity (Wildman–Crippen MR) is 64.7 cm³/mol. The molecule has 1 heterocycles. The Morgan fingerprint density at radius 3 is 2.94 bits per heavy atom. The van der Waals surface area contributed by atoms with Crippen molar-refractivity contribution in [3.8, 4) is 5.88 Å². The smallest absolute Gasteiger partial charge is 0.213 e. The summed E-state index contributed by atoms with van der Waals surface area (Å²) in [6, 6.07) is 6.59. The van der Waals surface area contributed by atoms with E-state index in [9.17, 15) is 0 Å². The molecule has 16 heavy (non-hydrogen) atoms. The maximum atomic E-state index is 5.41. The minimum atomic E-state index is 0.573. The largest absolute Gasteiger partial charge is 0.478 e. The fraction of sp³-hybridized carbons (Fsp3) is 0.615. The normalized spacial score (nSPS) is 17.1. The van der Waals surface area contributed by atoms with Crippen LogP contribution in [0.1, 0.15) is 25.5 Å². The first kappa shape index (κ1) is 11.4. The first-order chi connectivity index (χ1) is 7.83. The second-order valence-electron chi connectivity index (χ2n) is 4.34. The third kappa shape index (κ3) is 2.95. The van der Waals surface area contributed by atoms with Crippen LogP contribution in [0.4, 0.5) is 0 Å². The molecule has 0 spiro atoms. The van der Waals surface area contributed by atoms with Crippen LogP contribution < -0.4 is 10.1 Å². The lowest BCUT2D eigenvalue weighted by Crippen LogP contribution is -2.30. The molecule has 1 fully saturated rings. The summed E-state index contributed by atoms with van der Waals surface area (Å²) in [5.74, 6) is 1.59. The van der Waals surface area contributed by atoms with E-state index in [-0.39, 0.29) is 0 Å². The van der Waals surface area contributed by atoms with Crippen molar-refractivity contribution in [3.63, 3.8) is 0 Å². The molecule has 1 aromatic rings. The van der Waals surface area contributed by atoms with Crippen LogP contribution in [0.3, 0.4) is 0 Å². The lowest BCUT2D eigenvalue weighted by atomic mass is 10.1. The molecule has 3 nitrogen and oxygen atoms in total. The number of rotatable bonds is 6. The van der Waals surface area contributed by atoms with Crippen molar-refractivity contribution in [1.29, 1.82) is 0 Å². The minimum absolute atomic E-state index is 0.573. The summed E-state index contributed by atoms with van der Waals surface area (Å²) in [5.41, 5.74) is 1.12. The van der Waals surface area contributed by atoms with Crippen LogP contribution in [0.25, 0.3) is 0 Å². The Bertz CT molecular complexity index is 336. The van der Waals surface area contributed by atoms with Crippen molar-refractivity contribution < 1.29 is 4.74 Å². The van der Waals surface area contributed by atoms with Gasteiger partial charge in [-0.25, -0.2) is 4.98 Å². The number of pyridine rings is 1. The highest BCUT2D eigenvalue weighted by Crippen LogP contribution is 2.33. The van der Waals surface area contributed by atoms with Gasteiger partial charge in [-0.3, -0.25) is 0 Å². The lowest BCUT2D eigenvalue weighted by molar-refractivity contribution is 0.325. The number of aromatic nitrogens is 1. The van der Waals surface area contributed by atoms with Crippen molar-refractivity contribution >= 4 is 0 Å². The second-order valence-corrected chi connectivity index (χ2v) is 4.34. The molecule has 1 unspecified atom stereocenters. The van der Waals surface area contributed by atoms with Crippen molar-refractivity contribution in [2.75, 3.05) is 13.7 Å². The quantitative estimate of drug-likeness (QED) is 0.796. The summed E-state index contributed by atoms with van der Waals surface area (Å²) in [4.78, 5) is 4.50. The zero-order valence-electron chi connectivity index (χ0n) is 10.1. The van der Waals surface area contributed by atoms with E-state index >= 15 is 0 Å². The number of ether oxygens (including phenoxy) is 1. The van der Waals surface area contributed by atoms with Crippen molar-refractivity contribution in [1.82, 2.24) is 10.3 Å². The van der Waals surface area contributed by atoms with Gasteiger partial charge in [0.1, 0.15) is 0 Å². The summed E-state index contributed by atoms with van der Waals surface area (Å²) >= 11 is 0. The fourth-order valence-corrected chi connectivity index (χ4v) is 2.03. The van der Waals surface area contributed by atoms with Gasteiger partial charge in [0.15, 0.2) is 0 Å². The van der Waals surface area contributed by atoms with Crippen LogP contribution in [-0.2, 0) is 6.42 Å². The van der Waals surface area contributed by atoms with Gasteiger partial charge < -0.3 is 10.1 Å². The van der Waals surface area contributed by atoms with E-state index < -0.39 is 0 Å². The average molecular weight is 220 g/mol. The van der Waals surface area contributed by atoms with Gasteiger partial charge in [0, 0.05) is 24.2 Å². The first-order valence-electron chi connectivity index (χ1n) is 6.09. The van der Waals surface area contributed by atoms with Gasteiger partial charge in [-0.2, -0.15) is 0 Å². The molecular formula is C13H20N2O. The summed E-state index contributed by atoms with van der Waals surface area (Å²) in [7, 11) is 2.04. The van der Waals surface area contributed by atoms with Crippen LogP contribution in [0.2, 0.25) is 0 Å². The third-order valence-corrected chi connectivity index (χ3v) is 3.06. The average Bonchev–Trinajstić information content (AvgIpc) is 3.11. The molecule has 1 saturated carbocycles. The van der Waals surface area contributed by atoms with Crippen molar-refractivity contribution in [3.05, 3.63) is 23.9 Å². The number of nitrogens with zero attached hydrogens (tertiary/aromatic N) is 1. The van der Waals surface area contributed by atoms with Gasteiger partial charge in [0.05, 0.1) is 6.61 Å². The minimum Gasteiger partial charge on any atom is -0.478 e. The third-order valence-electron chi connectivity index (χ3n) is 3.06. The standard InChI is InChI=1S/C13H20N2O/c1-3-16-13-6-4-5-11(15-13)9-12(14-2)10-7-8-10/h4-6,10,12,14H,3,7-9H2,1-2H3. The zero-order valence-corrected chi connectivity index (χ0v) is 10.1. The maximum absolute atomic E-state index is 5.41. The molecule has 1 aliphatic carbocycles. The maximum Gasteiger partial charge on any atom is 0.213 e.